The van der Waals surface area contributed by atoms with Gasteiger partial charge in [0.1, 0.15) is 11.5 Å². The van der Waals surface area contributed by atoms with Gasteiger partial charge in [0.15, 0.2) is 0 Å². The van der Waals surface area contributed by atoms with Gasteiger partial charge in [0.05, 0.1) is 36.9 Å². The summed E-state index contributed by atoms with van der Waals surface area (Å²) in [6, 6.07) is 6.79. The van der Waals surface area contributed by atoms with Crippen LogP contribution in [0.1, 0.15) is 36.1 Å². The highest BCUT2D eigenvalue weighted by atomic mass is 35.5. The predicted octanol–water partition coefficient (Wildman–Crippen LogP) is 2.27. The number of benzene rings is 2. The molecular weight excluding hydrogens is 792 g/mol. The molecule has 54 heavy (non-hydrogen) atoms. The quantitative estimate of drug-likeness (QED) is 0.254. The molecule has 0 saturated heterocycles. The first kappa shape index (κ1) is 57.5. The van der Waals surface area contributed by atoms with E-state index < -0.39 is 30.2 Å². The third-order valence-corrected chi connectivity index (χ3v) is 12.0. The fourth-order valence-electron chi connectivity index (χ4n) is 4.21. The van der Waals surface area contributed by atoms with Crippen molar-refractivity contribution < 1.29 is 58.1 Å². The summed E-state index contributed by atoms with van der Waals surface area (Å²) in [5, 5.41) is 2.93. The summed E-state index contributed by atoms with van der Waals surface area (Å²) in [5.41, 5.74) is 2.55. The minimum absolute atomic E-state index is 0. The summed E-state index contributed by atoms with van der Waals surface area (Å²) in [7, 11) is -0.809. The SMILES string of the molecule is CCN(C)CCN(C)S(=O)(=O)c1c(C)cc(OC)cc1C.CCNC.COc1cc(C)c(S(=O)(=O)N(C)CCOS(C)(=O)=O)c(C)c1.Cl.O=C=O.O=C=O. The minimum atomic E-state index is -3.74. The average Bonchev–Trinajstić information content (AvgIpc) is 3.06. The molecule has 0 aliphatic rings. The molecule has 17 nitrogen and oxygen atoms in total. The number of halogens is 1. The Morgan fingerprint density at radius 2 is 0.944 bits per heavy atom. The zero-order valence-corrected chi connectivity index (χ0v) is 36.6. The van der Waals surface area contributed by atoms with E-state index in [-0.39, 0.29) is 42.8 Å². The standard InChI is InChI=1S/C15H26N2O3S.C13H21NO6S2.C3H9N.2CO2.ClH/c1-7-16(4)8-9-17(5)21(18,19)15-12(2)10-14(20-6)11-13(15)3;1-10-8-12(19-4)9-11(2)13(10)22(17,18)14(3)6-7-20-21(5,15)16;1-3-4-2;2*2-1-3;/h10-11H,7-9H2,1-6H3;8-9H,6-7H2,1-5H3;4H,3H2,1-2H3;;;1H. The maximum absolute atomic E-state index is 12.7. The molecule has 0 amide bonds. The lowest BCUT2D eigenvalue weighted by molar-refractivity contribution is -0.193. The normalized spacial score (nSPS) is 10.7. The molecule has 2 aromatic carbocycles. The number of hydrogen-bond acceptors (Lipinski definition) is 15. The Hall–Kier alpha value is -3.26. The fourth-order valence-corrected chi connectivity index (χ4v) is 7.71. The average molecular weight is 849 g/mol. The molecule has 0 fully saturated rings. The van der Waals surface area contributed by atoms with Gasteiger partial charge >= 0.3 is 12.3 Å². The number of methoxy groups -OCH3 is 2. The molecule has 0 aliphatic carbocycles. The lowest BCUT2D eigenvalue weighted by atomic mass is 10.1. The highest BCUT2D eigenvalue weighted by Gasteiger charge is 2.26. The smallest absolute Gasteiger partial charge is 0.373 e. The van der Waals surface area contributed by atoms with E-state index in [9.17, 15) is 25.3 Å². The molecule has 2 aromatic rings. The van der Waals surface area contributed by atoms with E-state index in [2.05, 4.69) is 21.3 Å². The lowest BCUT2D eigenvalue weighted by Gasteiger charge is -2.23. The number of nitrogens with one attached hydrogen (secondary N) is 1. The Bertz CT molecular complexity index is 1740. The molecule has 0 saturated carbocycles. The zero-order valence-electron chi connectivity index (χ0n) is 33.3. The van der Waals surface area contributed by atoms with Gasteiger partial charge in [-0.15, -0.1) is 12.4 Å². The van der Waals surface area contributed by atoms with E-state index in [1.807, 2.05) is 21.0 Å². The molecule has 0 spiro atoms. The molecule has 21 heteroatoms. The van der Waals surface area contributed by atoms with Gasteiger partial charge in [-0.1, -0.05) is 13.8 Å². The van der Waals surface area contributed by atoms with Crippen LogP contribution in [0.2, 0.25) is 0 Å². The first-order chi connectivity index (χ1) is 24.5. The first-order valence-corrected chi connectivity index (χ1v) is 20.6. The summed E-state index contributed by atoms with van der Waals surface area (Å²) in [6.07, 6.45) is 1.42. The zero-order chi connectivity index (χ0) is 42.2. The van der Waals surface area contributed by atoms with E-state index in [4.69, 9.17) is 28.7 Å². The number of aryl methyl sites for hydroxylation is 4. The third-order valence-electron chi connectivity index (χ3n) is 7.07. The molecule has 0 unspecified atom stereocenters. The van der Waals surface area contributed by atoms with Crippen molar-refractivity contribution in [3.8, 4) is 11.5 Å². The van der Waals surface area contributed by atoms with Crippen LogP contribution in [0.4, 0.5) is 0 Å². The summed E-state index contributed by atoms with van der Waals surface area (Å²) < 4.78 is 89.9. The van der Waals surface area contributed by atoms with Crippen LogP contribution in [0.25, 0.3) is 0 Å². The number of rotatable bonds is 15. The summed E-state index contributed by atoms with van der Waals surface area (Å²) in [5.74, 6) is 1.26. The number of sulfonamides is 2. The first-order valence-electron chi connectivity index (χ1n) is 15.9. The van der Waals surface area contributed by atoms with Gasteiger partial charge in [-0.2, -0.15) is 36.2 Å². The van der Waals surface area contributed by atoms with Gasteiger partial charge in [0.25, 0.3) is 10.1 Å². The Morgan fingerprint density at radius 1 is 0.648 bits per heavy atom. The van der Waals surface area contributed by atoms with Crippen LogP contribution in [0, 0.1) is 27.7 Å². The molecule has 2 rings (SSSR count). The van der Waals surface area contributed by atoms with Crippen LogP contribution in [-0.2, 0) is 53.5 Å². The van der Waals surface area contributed by atoms with Crippen molar-refractivity contribution in [2.45, 2.75) is 51.3 Å². The van der Waals surface area contributed by atoms with Crippen molar-refractivity contribution in [1.29, 1.82) is 0 Å². The second kappa shape index (κ2) is 29.1. The molecule has 0 atom stereocenters. The van der Waals surface area contributed by atoms with Gasteiger partial charge in [0.2, 0.25) is 20.0 Å². The summed E-state index contributed by atoms with van der Waals surface area (Å²) in [4.78, 5) is 35.2. The second-order valence-electron chi connectivity index (χ2n) is 11.1. The van der Waals surface area contributed by atoms with Crippen LogP contribution in [0.5, 0.6) is 11.5 Å². The number of hydrogen-bond donors (Lipinski definition) is 1. The maximum Gasteiger partial charge on any atom is 0.373 e. The van der Waals surface area contributed by atoms with E-state index in [1.54, 1.807) is 66.1 Å². The summed E-state index contributed by atoms with van der Waals surface area (Å²) in [6.45, 7) is 13.9. The topological polar surface area (TPSA) is 220 Å². The van der Waals surface area contributed by atoms with Crippen molar-refractivity contribution >= 4 is 54.9 Å². The molecule has 312 valence electrons. The largest absolute Gasteiger partial charge is 0.497 e. The fraction of sp³-hybridized carbons (Fsp3) is 0.576. The van der Waals surface area contributed by atoms with Gasteiger partial charge in [-0.05, 0) is 101 Å². The predicted molar refractivity (Wildman–Crippen MR) is 205 cm³/mol. The molecular formula is C33H57ClN4O13S3. The van der Waals surface area contributed by atoms with Crippen LogP contribution >= 0.6 is 12.4 Å². The Kier molecular flexibility index (Phi) is 30.9. The number of carbonyl (C=O) groups excluding carboxylic acids is 4. The van der Waals surface area contributed by atoms with Crippen molar-refractivity contribution in [3.63, 3.8) is 0 Å². The molecule has 0 aliphatic heterocycles. The summed E-state index contributed by atoms with van der Waals surface area (Å²) >= 11 is 0. The van der Waals surface area contributed by atoms with Crippen LogP contribution in [0.3, 0.4) is 0 Å². The minimum Gasteiger partial charge on any atom is -0.497 e. The van der Waals surface area contributed by atoms with Crippen LogP contribution in [0.15, 0.2) is 34.1 Å². The Labute approximate surface area is 328 Å². The monoisotopic (exact) mass is 848 g/mol. The van der Waals surface area contributed by atoms with Gasteiger partial charge in [-0.25, -0.2) is 16.8 Å². The molecule has 0 radical (unpaired) electrons. The Morgan fingerprint density at radius 3 is 1.19 bits per heavy atom. The van der Waals surface area contributed by atoms with Crippen molar-refractivity contribution in [2.75, 3.05) is 88.0 Å². The number of ether oxygens (including phenoxy) is 2. The van der Waals surface area contributed by atoms with E-state index in [1.165, 1.54) is 18.5 Å². The van der Waals surface area contributed by atoms with Gasteiger partial charge in [-0.3, -0.25) is 4.18 Å². The highest BCUT2D eigenvalue weighted by Crippen LogP contribution is 2.29. The van der Waals surface area contributed by atoms with Gasteiger partial charge in [0, 0.05) is 33.7 Å². The second-order valence-corrected chi connectivity index (χ2v) is 16.7. The van der Waals surface area contributed by atoms with Crippen LogP contribution in [-0.4, -0.2) is 139 Å². The molecule has 1 N–H and O–H groups in total. The van der Waals surface area contributed by atoms with Crippen molar-refractivity contribution in [2.24, 2.45) is 0 Å². The van der Waals surface area contributed by atoms with E-state index in [0.29, 0.717) is 51.7 Å². The number of nitrogens with zero attached hydrogens (tertiary/aromatic N) is 3. The maximum atomic E-state index is 12.7. The van der Waals surface area contributed by atoms with Crippen LogP contribution < -0.4 is 14.8 Å². The number of likely N-dealkylation sites (N-methyl/N-ethyl adjacent to an activating group) is 3. The molecule has 0 aromatic heterocycles. The lowest BCUT2D eigenvalue weighted by Crippen LogP contribution is -2.35. The third kappa shape index (κ3) is 21.6. The Balaban J connectivity index is -0.000000366. The van der Waals surface area contributed by atoms with E-state index in [0.717, 1.165) is 23.7 Å². The highest BCUT2D eigenvalue weighted by molar-refractivity contribution is 7.89. The van der Waals surface area contributed by atoms with E-state index >= 15 is 0 Å². The van der Waals surface area contributed by atoms with Crippen molar-refractivity contribution in [3.05, 3.63) is 46.5 Å². The van der Waals surface area contributed by atoms with Gasteiger partial charge < -0.3 is 19.7 Å². The van der Waals surface area contributed by atoms with Crippen molar-refractivity contribution in [1.82, 2.24) is 18.8 Å². The molecule has 0 heterocycles. The molecule has 0 bridgehead atoms.